The lowest BCUT2D eigenvalue weighted by Crippen LogP contribution is -2.19. The van der Waals surface area contributed by atoms with Crippen molar-refractivity contribution in [3.8, 4) is 0 Å². The van der Waals surface area contributed by atoms with Gasteiger partial charge < -0.3 is 5.32 Å². The van der Waals surface area contributed by atoms with Gasteiger partial charge in [0, 0.05) is 15.1 Å². The smallest absolute Gasteiger partial charge is 0.264 e. The largest absolute Gasteiger partial charge is 0.300 e. The van der Waals surface area contributed by atoms with Crippen molar-refractivity contribution in [3.05, 3.63) is 67.0 Å². The van der Waals surface area contributed by atoms with Crippen molar-refractivity contribution >= 4 is 81.0 Å². The minimum absolute atomic E-state index is 0.261. The van der Waals surface area contributed by atoms with E-state index in [-0.39, 0.29) is 5.91 Å². The van der Waals surface area contributed by atoms with Crippen molar-refractivity contribution in [1.29, 1.82) is 0 Å². The molecule has 24 heavy (non-hydrogen) atoms. The molecule has 0 bridgehead atoms. The molecule has 8 heteroatoms. The van der Waals surface area contributed by atoms with Crippen LogP contribution in [0.4, 0.5) is 5.69 Å². The number of nitrogens with zero attached hydrogens (tertiary/aromatic N) is 1. The average Bonchev–Trinajstić information content (AvgIpc) is 2.85. The molecule has 0 atom stereocenters. The number of halogens is 4. The van der Waals surface area contributed by atoms with Crippen molar-refractivity contribution < 1.29 is 4.79 Å². The molecule has 1 heterocycles. The van der Waals surface area contributed by atoms with E-state index in [1.54, 1.807) is 42.5 Å². The van der Waals surface area contributed by atoms with Gasteiger partial charge in [-0.15, -0.1) is 0 Å². The lowest BCUT2D eigenvalue weighted by Gasteiger charge is -2.00. The zero-order valence-electron chi connectivity index (χ0n) is 11.8. The van der Waals surface area contributed by atoms with Gasteiger partial charge in [-0.2, -0.15) is 0 Å². The van der Waals surface area contributed by atoms with Crippen LogP contribution >= 0.6 is 58.2 Å². The highest BCUT2D eigenvalue weighted by molar-refractivity contribution is 8.18. The Labute approximate surface area is 162 Å². The van der Waals surface area contributed by atoms with E-state index in [1.807, 2.05) is 0 Å². The SMILES string of the molecule is O=C1NC(=Nc2cc(Cl)ccc2Cl)SC1=Cc1ccc(Cl)cc1Cl. The normalized spacial score (nSPS) is 17.6. The Balaban J connectivity index is 1.89. The summed E-state index contributed by atoms with van der Waals surface area (Å²) >= 11 is 25.2. The zero-order valence-corrected chi connectivity index (χ0v) is 15.7. The Morgan fingerprint density at radius 3 is 2.42 bits per heavy atom. The first-order valence-corrected chi connectivity index (χ1v) is 8.95. The molecule has 2 aromatic rings. The molecule has 3 nitrogen and oxygen atoms in total. The fraction of sp³-hybridized carbons (Fsp3) is 0. The van der Waals surface area contributed by atoms with Crippen molar-refractivity contribution in [2.75, 3.05) is 0 Å². The van der Waals surface area contributed by atoms with Gasteiger partial charge in [-0.05, 0) is 53.7 Å². The summed E-state index contributed by atoms with van der Waals surface area (Å²) in [4.78, 5) is 16.9. The van der Waals surface area contributed by atoms with Gasteiger partial charge in [-0.25, -0.2) is 4.99 Å². The molecule has 0 unspecified atom stereocenters. The molecule has 1 aliphatic rings. The maximum absolute atomic E-state index is 12.1. The van der Waals surface area contributed by atoms with Crippen LogP contribution in [0.5, 0.6) is 0 Å². The molecule has 1 amide bonds. The summed E-state index contributed by atoms with van der Waals surface area (Å²) in [5.41, 5.74) is 1.18. The molecule has 1 fully saturated rings. The zero-order chi connectivity index (χ0) is 17.3. The molecule has 0 aliphatic carbocycles. The molecule has 0 saturated carbocycles. The molecular formula is C16H8Cl4N2OS. The fourth-order valence-corrected chi connectivity index (χ4v) is 3.54. The molecule has 1 aliphatic heterocycles. The van der Waals surface area contributed by atoms with Gasteiger partial charge in [0.25, 0.3) is 5.91 Å². The van der Waals surface area contributed by atoms with Crippen LogP contribution in [0, 0.1) is 0 Å². The number of benzene rings is 2. The molecule has 2 aromatic carbocycles. The van der Waals surface area contributed by atoms with Crippen molar-refractivity contribution in [3.63, 3.8) is 0 Å². The quantitative estimate of drug-likeness (QED) is 0.591. The van der Waals surface area contributed by atoms with Crippen LogP contribution in [-0.2, 0) is 4.79 Å². The van der Waals surface area contributed by atoms with Crippen LogP contribution in [0.1, 0.15) is 5.56 Å². The average molecular weight is 418 g/mol. The second-order valence-corrected chi connectivity index (χ2v) is 7.46. The van der Waals surface area contributed by atoms with E-state index >= 15 is 0 Å². The Morgan fingerprint density at radius 2 is 1.67 bits per heavy atom. The van der Waals surface area contributed by atoms with E-state index in [0.29, 0.717) is 41.4 Å². The molecule has 0 aromatic heterocycles. The first-order valence-electron chi connectivity index (χ1n) is 6.62. The second-order valence-electron chi connectivity index (χ2n) is 4.74. The van der Waals surface area contributed by atoms with E-state index in [2.05, 4.69) is 10.3 Å². The second kappa shape index (κ2) is 7.38. The van der Waals surface area contributed by atoms with Gasteiger partial charge >= 0.3 is 0 Å². The van der Waals surface area contributed by atoms with E-state index in [1.165, 1.54) is 11.8 Å². The summed E-state index contributed by atoms with van der Waals surface area (Å²) in [5.74, 6) is -0.261. The van der Waals surface area contributed by atoms with E-state index < -0.39 is 0 Å². The maximum atomic E-state index is 12.1. The van der Waals surface area contributed by atoms with Crippen LogP contribution in [-0.4, -0.2) is 11.1 Å². The number of hydrogen-bond donors (Lipinski definition) is 1. The number of aliphatic imine (C=N–C) groups is 1. The van der Waals surface area contributed by atoms with Crippen LogP contribution in [0.25, 0.3) is 6.08 Å². The fourth-order valence-electron chi connectivity index (χ4n) is 1.92. The summed E-state index contributed by atoms with van der Waals surface area (Å²) < 4.78 is 0. The van der Waals surface area contributed by atoms with Crippen LogP contribution in [0.15, 0.2) is 46.3 Å². The van der Waals surface area contributed by atoms with Gasteiger partial charge in [0.15, 0.2) is 5.17 Å². The molecular weight excluding hydrogens is 410 g/mol. The number of amidine groups is 1. The predicted octanol–water partition coefficient (Wildman–Crippen LogP) is 6.19. The topological polar surface area (TPSA) is 41.5 Å². The maximum Gasteiger partial charge on any atom is 0.264 e. The minimum atomic E-state index is -0.261. The highest BCUT2D eigenvalue weighted by atomic mass is 35.5. The molecule has 0 radical (unpaired) electrons. The van der Waals surface area contributed by atoms with Crippen molar-refractivity contribution in [2.24, 2.45) is 4.99 Å². The number of thioether (sulfide) groups is 1. The van der Waals surface area contributed by atoms with Gasteiger partial charge in [-0.3, -0.25) is 4.79 Å². The standard InChI is InChI=1S/C16H8Cl4N2OS/c17-9-2-1-8(12(20)6-9)5-14-15(23)22-16(24-14)21-13-7-10(18)3-4-11(13)19/h1-7H,(H,21,22,23). The molecule has 122 valence electrons. The third kappa shape index (κ3) is 4.08. The summed E-state index contributed by atoms with van der Waals surface area (Å²) in [6.45, 7) is 0. The Hall–Kier alpha value is -1.17. The summed E-state index contributed by atoms with van der Waals surface area (Å²) in [7, 11) is 0. The number of carbonyl (C=O) groups is 1. The third-order valence-electron chi connectivity index (χ3n) is 3.03. The predicted molar refractivity (Wildman–Crippen MR) is 104 cm³/mol. The van der Waals surface area contributed by atoms with Crippen LogP contribution < -0.4 is 5.32 Å². The lowest BCUT2D eigenvalue weighted by atomic mass is 10.2. The summed E-state index contributed by atoms with van der Waals surface area (Å²) in [6.07, 6.45) is 1.68. The van der Waals surface area contributed by atoms with E-state index in [4.69, 9.17) is 46.4 Å². The Morgan fingerprint density at radius 1 is 0.958 bits per heavy atom. The van der Waals surface area contributed by atoms with Crippen molar-refractivity contribution in [2.45, 2.75) is 0 Å². The summed E-state index contributed by atoms with van der Waals surface area (Å²) in [5, 5.41) is 5.05. The van der Waals surface area contributed by atoms with Crippen LogP contribution in [0.2, 0.25) is 20.1 Å². The monoisotopic (exact) mass is 416 g/mol. The van der Waals surface area contributed by atoms with Gasteiger partial charge in [0.1, 0.15) is 0 Å². The highest BCUT2D eigenvalue weighted by Gasteiger charge is 2.24. The summed E-state index contributed by atoms with van der Waals surface area (Å²) in [6, 6.07) is 10.0. The molecule has 0 spiro atoms. The number of carbonyl (C=O) groups excluding carboxylic acids is 1. The molecule has 1 saturated heterocycles. The van der Waals surface area contributed by atoms with Crippen molar-refractivity contribution in [1.82, 2.24) is 5.32 Å². The molecule has 3 rings (SSSR count). The third-order valence-corrected chi connectivity index (χ3v) is 5.06. The minimum Gasteiger partial charge on any atom is -0.300 e. The number of rotatable bonds is 2. The van der Waals surface area contributed by atoms with Gasteiger partial charge in [0.2, 0.25) is 0 Å². The number of hydrogen-bond acceptors (Lipinski definition) is 3. The number of amides is 1. The highest BCUT2D eigenvalue weighted by Crippen LogP contribution is 2.33. The number of nitrogens with one attached hydrogen (secondary N) is 1. The Kier molecular flexibility index (Phi) is 5.42. The van der Waals surface area contributed by atoms with E-state index in [9.17, 15) is 4.79 Å². The lowest BCUT2D eigenvalue weighted by molar-refractivity contribution is -0.115. The first kappa shape index (κ1) is 17.6. The van der Waals surface area contributed by atoms with Crippen LogP contribution in [0.3, 0.4) is 0 Å². The van der Waals surface area contributed by atoms with Gasteiger partial charge in [0.05, 0.1) is 15.6 Å². The van der Waals surface area contributed by atoms with Gasteiger partial charge in [-0.1, -0.05) is 52.5 Å². The Bertz CT molecular complexity index is 896. The molecule has 1 N–H and O–H groups in total. The first-order chi connectivity index (χ1) is 11.4. The van der Waals surface area contributed by atoms with E-state index in [0.717, 1.165) is 0 Å².